The number of nitrogens with two attached hydrogens (primary N) is 1. The van der Waals surface area contributed by atoms with Gasteiger partial charge in [-0.25, -0.2) is 17.9 Å². The smallest absolute Gasteiger partial charge is 0.242 e. The van der Waals surface area contributed by atoms with Gasteiger partial charge in [0.25, 0.3) is 0 Å². The van der Waals surface area contributed by atoms with Crippen LogP contribution >= 0.6 is 0 Å². The number of nitrogens with zero attached hydrogens (tertiary/aromatic N) is 2. The van der Waals surface area contributed by atoms with Gasteiger partial charge in [0.1, 0.15) is 5.82 Å². The Hall–Kier alpha value is -2.45. The molecule has 0 spiro atoms. The number of benzene rings is 2. The number of fused-ring (bicyclic) bond motifs is 1. The molecule has 0 saturated heterocycles. The molecule has 31 heavy (non-hydrogen) atoms. The zero-order valence-corrected chi connectivity index (χ0v) is 18.3. The SMILES string of the molecule is NS(=O)(=O)c1ccc2c(c1)CCN2CC(=O)N(Cc1ccc(F)cc1)C1CCCCC1. The van der Waals surface area contributed by atoms with E-state index >= 15 is 0 Å². The average Bonchev–Trinajstić information content (AvgIpc) is 3.15. The van der Waals surface area contributed by atoms with Gasteiger partial charge in [0, 0.05) is 24.8 Å². The van der Waals surface area contributed by atoms with Gasteiger partial charge < -0.3 is 9.80 Å². The molecule has 8 heteroatoms. The Labute approximate surface area is 182 Å². The van der Waals surface area contributed by atoms with Crippen molar-refractivity contribution in [3.05, 3.63) is 59.4 Å². The van der Waals surface area contributed by atoms with Crippen LogP contribution in [0.15, 0.2) is 47.4 Å². The van der Waals surface area contributed by atoms with Gasteiger partial charge in [0.2, 0.25) is 15.9 Å². The molecule has 2 aliphatic rings. The predicted molar refractivity (Wildman–Crippen MR) is 118 cm³/mol. The molecule has 0 atom stereocenters. The van der Waals surface area contributed by atoms with Crippen LogP contribution in [0.4, 0.5) is 10.1 Å². The van der Waals surface area contributed by atoms with Crippen LogP contribution in [-0.4, -0.2) is 38.4 Å². The lowest BCUT2D eigenvalue weighted by molar-refractivity contribution is -0.133. The summed E-state index contributed by atoms with van der Waals surface area (Å²) >= 11 is 0. The van der Waals surface area contributed by atoms with Crippen LogP contribution in [-0.2, 0) is 27.8 Å². The molecule has 0 radical (unpaired) electrons. The number of carbonyl (C=O) groups is 1. The zero-order valence-electron chi connectivity index (χ0n) is 17.5. The molecule has 0 bridgehead atoms. The second kappa shape index (κ2) is 8.96. The maximum atomic E-state index is 13.4. The van der Waals surface area contributed by atoms with Crippen molar-refractivity contribution in [2.75, 3.05) is 18.0 Å². The molecule has 2 aromatic rings. The summed E-state index contributed by atoms with van der Waals surface area (Å²) in [6, 6.07) is 11.4. The third kappa shape index (κ3) is 5.07. The van der Waals surface area contributed by atoms with E-state index in [-0.39, 0.29) is 29.2 Å². The molecule has 1 heterocycles. The van der Waals surface area contributed by atoms with Crippen molar-refractivity contribution in [3.8, 4) is 0 Å². The lowest BCUT2D eigenvalue weighted by Gasteiger charge is -2.36. The first-order chi connectivity index (χ1) is 14.8. The summed E-state index contributed by atoms with van der Waals surface area (Å²) in [5, 5.41) is 5.25. The molecule has 0 unspecified atom stereocenters. The highest BCUT2D eigenvalue weighted by Gasteiger charge is 2.29. The van der Waals surface area contributed by atoms with Gasteiger partial charge in [-0.05, 0) is 60.7 Å². The quantitative estimate of drug-likeness (QED) is 0.740. The maximum absolute atomic E-state index is 13.4. The van der Waals surface area contributed by atoms with Crippen molar-refractivity contribution in [2.24, 2.45) is 5.14 Å². The molecular weight excluding hydrogens is 417 g/mol. The van der Waals surface area contributed by atoms with Crippen LogP contribution in [0.2, 0.25) is 0 Å². The Bertz CT molecular complexity index is 1050. The minimum absolute atomic E-state index is 0.0413. The fourth-order valence-corrected chi connectivity index (χ4v) is 5.21. The Morgan fingerprint density at radius 1 is 1.10 bits per heavy atom. The van der Waals surface area contributed by atoms with E-state index < -0.39 is 10.0 Å². The van der Waals surface area contributed by atoms with Crippen molar-refractivity contribution in [1.29, 1.82) is 0 Å². The normalized spacial score (nSPS) is 16.9. The van der Waals surface area contributed by atoms with Gasteiger partial charge in [0.05, 0.1) is 11.4 Å². The number of anilines is 1. The number of hydrogen-bond acceptors (Lipinski definition) is 4. The van der Waals surface area contributed by atoms with Crippen LogP contribution in [0.1, 0.15) is 43.2 Å². The molecule has 166 valence electrons. The third-order valence-corrected chi connectivity index (χ3v) is 7.21. The van der Waals surface area contributed by atoms with Crippen molar-refractivity contribution >= 4 is 21.6 Å². The summed E-state index contributed by atoms with van der Waals surface area (Å²) in [6.07, 6.45) is 6.07. The summed E-state index contributed by atoms with van der Waals surface area (Å²) in [5.41, 5.74) is 2.69. The topological polar surface area (TPSA) is 83.7 Å². The van der Waals surface area contributed by atoms with Gasteiger partial charge in [-0.1, -0.05) is 31.4 Å². The molecule has 6 nitrogen and oxygen atoms in total. The molecular formula is C23H28FN3O3S. The highest BCUT2D eigenvalue weighted by atomic mass is 32.2. The summed E-state index contributed by atoms with van der Waals surface area (Å²) in [7, 11) is -3.75. The Kier molecular flexibility index (Phi) is 6.29. The molecule has 1 amide bonds. The van der Waals surface area contributed by atoms with E-state index in [4.69, 9.17) is 5.14 Å². The Morgan fingerprint density at radius 2 is 1.81 bits per heavy atom. The van der Waals surface area contributed by atoms with Crippen molar-refractivity contribution in [1.82, 2.24) is 4.90 Å². The zero-order chi connectivity index (χ0) is 22.0. The van der Waals surface area contributed by atoms with Crippen LogP contribution in [0, 0.1) is 5.82 Å². The fraction of sp³-hybridized carbons (Fsp3) is 0.435. The van der Waals surface area contributed by atoms with E-state index in [1.165, 1.54) is 24.6 Å². The van der Waals surface area contributed by atoms with Gasteiger partial charge >= 0.3 is 0 Å². The standard InChI is InChI=1S/C23H28FN3O3S/c24-19-8-6-17(7-9-19)15-27(20-4-2-1-3-5-20)23(28)16-26-13-12-18-14-21(31(25,29)30)10-11-22(18)26/h6-11,14,20H,1-5,12-13,15-16H2,(H2,25,29,30). The lowest BCUT2D eigenvalue weighted by atomic mass is 9.93. The van der Waals surface area contributed by atoms with Gasteiger partial charge in [0.15, 0.2) is 0 Å². The summed E-state index contributed by atoms with van der Waals surface area (Å²) in [5.74, 6) is -0.244. The number of amides is 1. The Morgan fingerprint density at radius 3 is 2.48 bits per heavy atom. The number of hydrogen-bond donors (Lipinski definition) is 1. The van der Waals surface area contributed by atoms with E-state index in [0.29, 0.717) is 19.5 Å². The molecule has 1 fully saturated rings. The number of rotatable bonds is 6. The van der Waals surface area contributed by atoms with Crippen LogP contribution in [0.5, 0.6) is 0 Å². The van der Waals surface area contributed by atoms with Crippen LogP contribution < -0.4 is 10.0 Å². The maximum Gasteiger partial charge on any atom is 0.242 e. The van der Waals surface area contributed by atoms with E-state index in [1.807, 2.05) is 9.80 Å². The summed E-state index contributed by atoms with van der Waals surface area (Å²) < 4.78 is 36.6. The minimum atomic E-state index is -3.75. The first kappa shape index (κ1) is 21.8. The van der Waals surface area contributed by atoms with E-state index in [0.717, 1.165) is 42.5 Å². The molecule has 1 aliphatic heterocycles. The highest BCUT2D eigenvalue weighted by Crippen LogP contribution is 2.31. The first-order valence-electron chi connectivity index (χ1n) is 10.8. The van der Waals surface area contributed by atoms with Gasteiger partial charge in [-0.3, -0.25) is 4.79 Å². The summed E-state index contributed by atoms with van der Waals surface area (Å²) in [4.78, 5) is 17.4. The number of halogens is 1. The number of carbonyl (C=O) groups excluding carboxylic acids is 1. The molecule has 1 saturated carbocycles. The summed E-state index contributed by atoms with van der Waals surface area (Å²) in [6.45, 7) is 1.36. The first-order valence-corrected chi connectivity index (χ1v) is 12.3. The van der Waals surface area contributed by atoms with Crippen molar-refractivity contribution in [3.63, 3.8) is 0 Å². The average molecular weight is 446 g/mol. The number of sulfonamides is 1. The Balaban J connectivity index is 1.52. The van der Waals surface area contributed by atoms with E-state index in [1.54, 1.807) is 24.3 Å². The molecule has 1 aliphatic carbocycles. The highest BCUT2D eigenvalue weighted by molar-refractivity contribution is 7.89. The molecule has 0 aromatic heterocycles. The van der Waals surface area contributed by atoms with Crippen molar-refractivity contribution < 1.29 is 17.6 Å². The number of primary sulfonamides is 1. The van der Waals surface area contributed by atoms with Crippen LogP contribution in [0.25, 0.3) is 0 Å². The van der Waals surface area contributed by atoms with Gasteiger partial charge in [-0.15, -0.1) is 0 Å². The van der Waals surface area contributed by atoms with Crippen molar-refractivity contribution in [2.45, 2.75) is 56.0 Å². The third-order valence-electron chi connectivity index (χ3n) is 6.30. The van der Waals surface area contributed by atoms with E-state index in [9.17, 15) is 17.6 Å². The molecule has 4 rings (SSSR count). The second-order valence-electron chi connectivity index (χ2n) is 8.45. The predicted octanol–water partition coefficient (Wildman–Crippen LogP) is 3.20. The lowest BCUT2D eigenvalue weighted by Crippen LogP contribution is -2.45. The van der Waals surface area contributed by atoms with Crippen LogP contribution in [0.3, 0.4) is 0 Å². The monoisotopic (exact) mass is 445 g/mol. The fourth-order valence-electron chi connectivity index (χ4n) is 4.64. The molecule has 2 aromatic carbocycles. The second-order valence-corrected chi connectivity index (χ2v) is 10.0. The van der Waals surface area contributed by atoms with E-state index in [2.05, 4.69) is 0 Å². The molecule has 2 N–H and O–H groups in total. The van der Waals surface area contributed by atoms with Gasteiger partial charge in [-0.2, -0.15) is 0 Å². The minimum Gasteiger partial charge on any atom is -0.362 e. The largest absolute Gasteiger partial charge is 0.362 e.